The number of aromatic carboxylic acids is 2. The number of aryl methyl sites for hydroxylation is 1. The number of hydrogen-bond acceptors (Lipinski definition) is 4. The number of rotatable bonds is 6. The molecule has 29 heavy (non-hydrogen) atoms. The van der Waals surface area contributed by atoms with E-state index < -0.39 is 34.6 Å². The van der Waals surface area contributed by atoms with Crippen molar-refractivity contribution in [1.29, 1.82) is 0 Å². The first-order valence-corrected chi connectivity index (χ1v) is 8.65. The molecule has 0 aromatic heterocycles. The van der Waals surface area contributed by atoms with Crippen molar-refractivity contribution < 1.29 is 29.4 Å². The highest BCUT2D eigenvalue weighted by atomic mass is 16.4. The van der Waals surface area contributed by atoms with Gasteiger partial charge in [-0.15, -0.1) is 0 Å². The van der Waals surface area contributed by atoms with Crippen LogP contribution in [0.1, 0.15) is 58.1 Å². The Kier molecular flexibility index (Phi) is 5.36. The zero-order chi connectivity index (χ0) is 21.1. The monoisotopic (exact) mass is 388 g/mol. The van der Waals surface area contributed by atoms with Crippen LogP contribution in [0.25, 0.3) is 0 Å². The van der Waals surface area contributed by atoms with E-state index in [1.54, 1.807) is 42.5 Å². The standard InChI is InChI=1S/C23H16O6/c1-13-7-9-15(10-8-13)21(25)17-11-16(20(24)14-5-3-2-4-6-14)18(22(26)27)12-19(17)23(28)29/h2-12H,1H3,(H,26,27)(H,28,29). The quantitative estimate of drug-likeness (QED) is 0.621. The Labute approximate surface area is 166 Å². The third kappa shape index (κ3) is 3.96. The molecule has 0 bridgehead atoms. The van der Waals surface area contributed by atoms with Crippen molar-refractivity contribution in [2.75, 3.05) is 0 Å². The van der Waals surface area contributed by atoms with Crippen LogP contribution < -0.4 is 0 Å². The maximum atomic E-state index is 13.0. The number of hydrogen-bond donors (Lipinski definition) is 2. The molecule has 6 heteroatoms. The third-order valence-corrected chi connectivity index (χ3v) is 4.46. The van der Waals surface area contributed by atoms with Crippen LogP contribution in [0.4, 0.5) is 0 Å². The van der Waals surface area contributed by atoms with E-state index in [2.05, 4.69) is 0 Å². The lowest BCUT2D eigenvalue weighted by molar-refractivity contribution is 0.0690. The molecule has 3 aromatic carbocycles. The smallest absolute Gasteiger partial charge is 0.336 e. The van der Waals surface area contributed by atoms with Gasteiger partial charge in [0.15, 0.2) is 11.6 Å². The summed E-state index contributed by atoms with van der Waals surface area (Å²) in [6.07, 6.45) is 0. The molecule has 0 radical (unpaired) electrons. The molecule has 0 aliphatic rings. The molecule has 0 saturated heterocycles. The molecule has 3 rings (SSSR count). The van der Waals surface area contributed by atoms with Gasteiger partial charge < -0.3 is 10.2 Å². The minimum atomic E-state index is -1.46. The molecule has 144 valence electrons. The van der Waals surface area contributed by atoms with Gasteiger partial charge in [-0.2, -0.15) is 0 Å². The molecule has 0 heterocycles. The van der Waals surface area contributed by atoms with Gasteiger partial charge in [0.2, 0.25) is 0 Å². The van der Waals surface area contributed by atoms with Crippen LogP contribution >= 0.6 is 0 Å². The first-order valence-electron chi connectivity index (χ1n) is 8.65. The fourth-order valence-corrected chi connectivity index (χ4v) is 2.93. The molecule has 0 saturated carbocycles. The topological polar surface area (TPSA) is 109 Å². The second-order valence-electron chi connectivity index (χ2n) is 6.44. The van der Waals surface area contributed by atoms with E-state index in [-0.39, 0.29) is 22.3 Å². The fraction of sp³-hybridized carbons (Fsp3) is 0.0435. The van der Waals surface area contributed by atoms with E-state index in [1.165, 1.54) is 12.1 Å². The highest BCUT2D eigenvalue weighted by Gasteiger charge is 2.26. The largest absolute Gasteiger partial charge is 0.478 e. The molecule has 3 aromatic rings. The van der Waals surface area contributed by atoms with Crippen molar-refractivity contribution in [3.8, 4) is 0 Å². The summed E-state index contributed by atoms with van der Waals surface area (Å²) < 4.78 is 0. The van der Waals surface area contributed by atoms with Crippen LogP contribution in [0, 0.1) is 6.92 Å². The molecule has 0 spiro atoms. The summed E-state index contributed by atoms with van der Waals surface area (Å²) in [5.74, 6) is -4.14. The van der Waals surface area contributed by atoms with Crippen molar-refractivity contribution in [2.45, 2.75) is 6.92 Å². The molecule has 2 N–H and O–H groups in total. The summed E-state index contributed by atoms with van der Waals surface area (Å²) in [6, 6.07) is 16.4. The average molecular weight is 388 g/mol. The summed E-state index contributed by atoms with van der Waals surface area (Å²) in [5.41, 5.74) is -0.0589. The van der Waals surface area contributed by atoms with Gasteiger partial charge in [-0.1, -0.05) is 60.2 Å². The highest BCUT2D eigenvalue weighted by molar-refractivity contribution is 6.19. The predicted octanol–water partition coefficient (Wildman–Crippen LogP) is 3.85. The number of carbonyl (C=O) groups is 4. The predicted molar refractivity (Wildman–Crippen MR) is 105 cm³/mol. The Morgan fingerprint density at radius 2 is 1.00 bits per heavy atom. The molecule has 0 fully saturated rings. The molecule has 6 nitrogen and oxygen atoms in total. The molecule has 0 aliphatic heterocycles. The van der Waals surface area contributed by atoms with Gasteiger partial charge in [0.25, 0.3) is 0 Å². The first kappa shape index (κ1) is 19.7. The van der Waals surface area contributed by atoms with E-state index in [4.69, 9.17) is 0 Å². The van der Waals surface area contributed by atoms with Crippen LogP contribution in [0.5, 0.6) is 0 Å². The normalized spacial score (nSPS) is 10.4. The van der Waals surface area contributed by atoms with Gasteiger partial charge in [-0.3, -0.25) is 9.59 Å². The van der Waals surface area contributed by atoms with Crippen LogP contribution in [0.15, 0.2) is 66.7 Å². The number of carbonyl (C=O) groups excluding carboxylic acids is 2. The van der Waals surface area contributed by atoms with Crippen LogP contribution in [0.3, 0.4) is 0 Å². The van der Waals surface area contributed by atoms with Gasteiger partial charge in [0, 0.05) is 22.3 Å². The van der Waals surface area contributed by atoms with Crippen molar-refractivity contribution in [1.82, 2.24) is 0 Å². The highest BCUT2D eigenvalue weighted by Crippen LogP contribution is 2.24. The Balaban J connectivity index is 2.23. The summed E-state index contributed by atoms with van der Waals surface area (Å²) in [6.45, 7) is 1.84. The molecular weight excluding hydrogens is 372 g/mol. The Morgan fingerprint density at radius 1 is 0.586 bits per heavy atom. The van der Waals surface area contributed by atoms with Crippen LogP contribution in [-0.2, 0) is 0 Å². The van der Waals surface area contributed by atoms with E-state index in [1.807, 2.05) is 6.92 Å². The molecule has 0 aliphatic carbocycles. The Hall–Kier alpha value is -4.06. The van der Waals surface area contributed by atoms with Gasteiger partial charge in [-0.25, -0.2) is 9.59 Å². The van der Waals surface area contributed by atoms with E-state index >= 15 is 0 Å². The minimum Gasteiger partial charge on any atom is -0.478 e. The van der Waals surface area contributed by atoms with Crippen molar-refractivity contribution in [3.63, 3.8) is 0 Å². The summed E-state index contributed by atoms with van der Waals surface area (Å²) in [4.78, 5) is 49.2. The Bertz CT molecular complexity index is 1130. The van der Waals surface area contributed by atoms with E-state index in [9.17, 15) is 29.4 Å². The van der Waals surface area contributed by atoms with Gasteiger partial charge >= 0.3 is 11.9 Å². The lowest BCUT2D eigenvalue weighted by Crippen LogP contribution is -2.17. The number of carboxylic acid groups (broad SMARTS) is 2. The van der Waals surface area contributed by atoms with Crippen LogP contribution in [0.2, 0.25) is 0 Å². The second kappa shape index (κ2) is 7.90. The van der Waals surface area contributed by atoms with Crippen molar-refractivity contribution in [2.24, 2.45) is 0 Å². The lowest BCUT2D eigenvalue weighted by atomic mass is 9.89. The second-order valence-corrected chi connectivity index (χ2v) is 6.44. The number of carboxylic acids is 2. The third-order valence-electron chi connectivity index (χ3n) is 4.46. The van der Waals surface area contributed by atoms with Gasteiger partial charge in [0.1, 0.15) is 0 Å². The molecule has 0 atom stereocenters. The average Bonchev–Trinajstić information content (AvgIpc) is 2.72. The summed E-state index contributed by atoms with van der Waals surface area (Å²) in [5, 5.41) is 19.0. The lowest BCUT2D eigenvalue weighted by Gasteiger charge is -2.12. The molecular formula is C23H16O6. The van der Waals surface area contributed by atoms with Crippen LogP contribution in [-0.4, -0.2) is 33.7 Å². The molecule has 0 amide bonds. The molecule has 0 unspecified atom stereocenters. The number of ketones is 2. The minimum absolute atomic E-state index is 0.229. The number of benzene rings is 3. The Morgan fingerprint density at radius 3 is 1.45 bits per heavy atom. The van der Waals surface area contributed by atoms with E-state index in [0.717, 1.165) is 17.7 Å². The fourth-order valence-electron chi connectivity index (χ4n) is 2.93. The SMILES string of the molecule is Cc1ccc(C(=O)c2cc(C(=O)c3ccccc3)c(C(=O)O)cc2C(=O)O)cc1. The maximum Gasteiger partial charge on any atom is 0.336 e. The van der Waals surface area contributed by atoms with Crippen molar-refractivity contribution in [3.05, 3.63) is 106 Å². The summed E-state index contributed by atoms with van der Waals surface area (Å²) >= 11 is 0. The zero-order valence-electron chi connectivity index (χ0n) is 15.4. The summed E-state index contributed by atoms with van der Waals surface area (Å²) in [7, 11) is 0. The zero-order valence-corrected chi connectivity index (χ0v) is 15.4. The maximum absolute atomic E-state index is 13.0. The van der Waals surface area contributed by atoms with Gasteiger partial charge in [0.05, 0.1) is 11.1 Å². The van der Waals surface area contributed by atoms with E-state index in [0.29, 0.717) is 0 Å². The van der Waals surface area contributed by atoms with Gasteiger partial charge in [-0.05, 0) is 19.1 Å². The first-order chi connectivity index (χ1) is 13.8. The van der Waals surface area contributed by atoms with Crippen molar-refractivity contribution >= 4 is 23.5 Å².